The number of halogens is 1. The summed E-state index contributed by atoms with van der Waals surface area (Å²) in [6.45, 7) is 5.19. The second-order valence-electron chi connectivity index (χ2n) is 6.47. The number of amides is 1. The number of likely N-dealkylation sites (N-methyl/N-ethyl adjacent to an activating group) is 1. The minimum atomic E-state index is -0.00843. The maximum atomic E-state index is 11.9. The van der Waals surface area contributed by atoms with E-state index in [0.29, 0.717) is 5.96 Å². The number of nitrogens with zero attached hydrogens (tertiary/aromatic N) is 2. The zero-order chi connectivity index (χ0) is 18.9. The first-order valence-electron chi connectivity index (χ1n) is 8.76. The van der Waals surface area contributed by atoms with Crippen LogP contribution in [0.2, 0.25) is 0 Å². The number of carbonyl (C=O) groups excluding carboxylic acids is 1. The Hall–Kier alpha value is -1.13. The van der Waals surface area contributed by atoms with Gasteiger partial charge in [-0.1, -0.05) is 6.07 Å². The van der Waals surface area contributed by atoms with E-state index in [1.807, 2.05) is 11.3 Å². The average Bonchev–Trinajstić information content (AvgIpc) is 3.23. The predicted molar refractivity (Wildman–Crippen MR) is 128 cm³/mol. The summed E-state index contributed by atoms with van der Waals surface area (Å²) in [5.41, 5.74) is 0. The van der Waals surface area contributed by atoms with Crippen LogP contribution in [0.15, 0.2) is 34.6 Å². The minimum absolute atomic E-state index is 0. The molecule has 5 nitrogen and oxygen atoms in total. The Labute approximate surface area is 187 Å². The monoisotopic (exact) mass is 520 g/mol. The number of nitrogens with one attached hydrogen (secondary N) is 2. The molecule has 0 aliphatic carbocycles. The Morgan fingerprint density at radius 3 is 2.63 bits per heavy atom. The number of aryl methyl sites for hydroxylation is 1. The molecule has 8 heteroatoms. The van der Waals surface area contributed by atoms with Crippen molar-refractivity contribution in [2.24, 2.45) is 4.99 Å². The van der Waals surface area contributed by atoms with E-state index in [9.17, 15) is 4.79 Å². The van der Waals surface area contributed by atoms with E-state index in [1.54, 1.807) is 30.3 Å². The molecule has 0 aliphatic rings. The van der Waals surface area contributed by atoms with Crippen molar-refractivity contribution in [2.75, 3.05) is 27.2 Å². The first-order chi connectivity index (χ1) is 12.4. The van der Waals surface area contributed by atoms with Gasteiger partial charge in [-0.15, -0.1) is 46.7 Å². The summed E-state index contributed by atoms with van der Waals surface area (Å²) in [4.78, 5) is 21.9. The van der Waals surface area contributed by atoms with Gasteiger partial charge in [0, 0.05) is 47.7 Å². The quantitative estimate of drug-likeness (QED) is 0.318. The lowest BCUT2D eigenvalue weighted by Gasteiger charge is -2.18. The fourth-order valence-corrected chi connectivity index (χ4v) is 4.11. The van der Waals surface area contributed by atoms with Gasteiger partial charge in [-0.25, -0.2) is 4.99 Å². The number of hydrogen-bond donors (Lipinski definition) is 2. The van der Waals surface area contributed by atoms with E-state index in [1.165, 1.54) is 14.6 Å². The summed E-state index contributed by atoms with van der Waals surface area (Å²) in [6.07, 6.45) is 1.88. The topological polar surface area (TPSA) is 56.7 Å². The highest BCUT2D eigenvalue weighted by atomic mass is 127. The first-order valence-corrected chi connectivity index (χ1v) is 10.5. The third kappa shape index (κ3) is 9.07. The molecule has 0 saturated heterocycles. The van der Waals surface area contributed by atoms with Crippen LogP contribution in [0.25, 0.3) is 0 Å². The number of hydrogen-bond acceptors (Lipinski definition) is 4. The van der Waals surface area contributed by atoms with Gasteiger partial charge in [0.15, 0.2) is 5.96 Å². The molecule has 0 spiro atoms. The van der Waals surface area contributed by atoms with Crippen LogP contribution in [-0.2, 0) is 17.6 Å². The van der Waals surface area contributed by atoms with Crippen molar-refractivity contribution in [1.29, 1.82) is 0 Å². The van der Waals surface area contributed by atoms with Crippen LogP contribution in [0.3, 0.4) is 0 Å². The van der Waals surface area contributed by atoms with Gasteiger partial charge < -0.3 is 15.5 Å². The third-order valence-electron chi connectivity index (χ3n) is 3.80. The van der Waals surface area contributed by atoms with E-state index in [2.05, 4.69) is 59.1 Å². The Morgan fingerprint density at radius 2 is 2.04 bits per heavy atom. The fourth-order valence-electron chi connectivity index (χ4n) is 2.38. The number of guanidine groups is 1. The van der Waals surface area contributed by atoms with Gasteiger partial charge in [0.1, 0.15) is 6.54 Å². The lowest BCUT2D eigenvalue weighted by Crippen LogP contribution is -2.44. The maximum Gasteiger partial charge on any atom is 0.243 e. The van der Waals surface area contributed by atoms with Gasteiger partial charge in [-0.3, -0.25) is 4.79 Å². The molecule has 1 unspecified atom stereocenters. The van der Waals surface area contributed by atoms with Gasteiger partial charge in [-0.2, -0.15) is 0 Å². The normalized spacial score (nSPS) is 12.2. The van der Waals surface area contributed by atoms with Crippen LogP contribution in [0.5, 0.6) is 0 Å². The Morgan fingerprint density at radius 1 is 1.26 bits per heavy atom. The molecule has 1 atom stereocenters. The molecular weight excluding hydrogens is 491 g/mol. The SMILES string of the molecule is Cc1ccc(CC(C)NC(=NCC(=O)N(C)C)NCCc2cccs2)s1.I. The summed E-state index contributed by atoms with van der Waals surface area (Å²) in [7, 11) is 3.49. The van der Waals surface area contributed by atoms with Gasteiger partial charge in [0.25, 0.3) is 0 Å². The highest BCUT2D eigenvalue weighted by Crippen LogP contribution is 2.16. The molecule has 2 heterocycles. The maximum absolute atomic E-state index is 11.9. The Bertz CT molecular complexity index is 713. The van der Waals surface area contributed by atoms with Gasteiger partial charge in [0.2, 0.25) is 5.91 Å². The van der Waals surface area contributed by atoms with Crippen molar-refractivity contribution in [3.8, 4) is 0 Å². The standard InChI is InChI=1S/C19H28N4OS2.HI/c1-14(12-17-8-7-15(2)26-17)22-19(21-13-18(24)23(3)4)20-10-9-16-6-5-11-25-16;/h5-8,11,14H,9-10,12-13H2,1-4H3,(H2,20,21,22);1H. The summed E-state index contributed by atoms with van der Waals surface area (Å²) < 4.78 is 0. The molecule has 2 aromatic rings. The van der Waals surface area contributed by atoms with E-state index in [-0.39, 0.29) is 42.5 Å². The minimum Gasteiger partial charge on any atom is -0.356 e. The van der Waals surface area contributed by atoms with E-state index in [0.717, 1.165) is 19.4 Å². The molecule has 0 radical (unpaired) electrons. The van der Waals surface area contributed by atoms with Crippen molar-refractivity contribution in [1.82, 2.24) is 15.5 Å². The van der Waals surface area contributed by atoms with E-state index >= 15 is 0 Å². The lowest BCUT2D eigenvalue weighted by molar-refractivity contribution is -0.127. The summed E-state index contributed by atoms with van der Waals surface area (Å²) in [6, 6.07) is 8.75. The van der Waals surface area contributed by atoms with Gasteiger partial charge in [-0.05, 0) is 43.8 Å². The molecule has 27 heavy (non-hydrogen) atoms. The molecule has 2 aromatic heterocycles. The molecule has 2 rings (SSSR count). The lowest BCUT2D eigenvalue weighted by atomic mass is 10.2. The van der Waals surface area contributed by atoms with Crippen LogP contribution in [0.1, 0.15) is 21.6 Å². The third-order valence-corrected chi connectivity index (χ3v) is 5.76. The smallest absolute Gasteiger partial charge is 0.243 e. The van der Waals surface area contributed by atoms with Crippen molar-refractivity contribution in [3.63, 3.8) is 0 Å². The first kappa shape index (κ1) is 23.9. The Balaban J connectivity index is 0.00000364. The van der Waals surface area contributed by atoms with E-state index in [4.69, 9.17) is 0 Å². The van der Waals surface area contributed by atoms with Crippen LogP contribution in [0.4, 0.5) is 0 Å². The van der Waals surface area contributed by atoms with Crippen molar-refractivity contribution < 1.29 is 4.79 Å². The largest absolute Gasteiger partial charge is 0.356 e. The molecule has 0 fully saturated rings. The zero-order valence-corrected chi connectivity index (χ0v) is 20.3. The molecule has 0 bridgehead atoms. The number of thiophene rings is 2. The molecular formula is C19H29IN4OS2. The molecule has 0 aromatic carbocycles. The Kier molecular flexibility index (Phi) is 10.9. The molecule has 0 saturated carbocycles. The predicted octanol–water partition coefficient (Wildman–Crippen LogP) is 3.53. The summed E-state index contributed by atoms with van der Waals surface area (Å²) in [5, 5.41) is 8.87. The van der Waals surface area contributed by atoms with Crippen LogP contribution < -0.4 is 10.6 Å². The number of aliphatic imine (C=N–C) groups is 1. The summed E-state index contributed by atoms with van der Waals surface area (Å²) in [5.74, 6) is 0.684. The highest BCUT2D eigenvalue weighted by molar-refractivity contribution is 14.0. The molecule has 1 amide bonds. The van der Waals surface area contributed by atoms with Crippen molar-refractivity contribution >= 4 is 58.5 Å². The van der Waals surface area contributed by atoms with Crippen LogP contribution in [0, 0.1) is 6.92 Å². The van der Waals surface area contributed by atoms with Gasteiger partial charge in [0.05, 0.1) is 0 Å². The van der Waals surface area contributed by atoms with Crippen molar-refractivity contribution in [3.05, 3.63) is 44.3 Å². The number of rotatable bonds is 8. The number of carbonyl (C=O) groups is 1. The fraction of sp³-hybridized carbons (Fsp3) is 0.474. The van der Waals surface area contributed by atoms with Crippen LogP contribution in [-0.4, -0.2) is 50.0 Å². The summed E-state index contributed by atoms with van der Waals surface area (Å²) >= 11 is 3.58. The van der Waals surface area contributed by atoms with Crippen LogP contribution >= 0.6 is 46.7 Å². The second-order valence-corrected chi connectivity index (χ2v) is 8.88. The van der Waals surface area contributed by atoms with Gasteiger partial charge >= 0.3 is 0 Å². The zero-order valence-electron chi connectivity index (χ0n) is 16.3. The molecule has 150 valence electrons. The van der Waals surface area contributed by atoms with E-state index < -0.39 is 0 Å². The van der Waals surface area contributed by atoms with Crippen molar-refractivity contribution in [2.45, 2.75) is 32.7 Å². The molecule has 0 aliphatic heterocycles. The second kappa shape index (κ2) is 12.4. The highest BCUT2D eigenvalue weighted by Gasteiger charge is 2.10. The average molecular weight is 521 g/mol. The molecule has 2 N–H and O–H groups in total.